The van der Waals surface area contributed by atoms with Gasteiger partial charge in [0.05, 0.1) is 18.8 Å². The van der Waals surface area contributed by atoms with E-state index in [4.69, 9.17) is 9.47 Å². The number of fused-ring (bicyclic) bond motifs is 1. The molecule has 4 nitrogen and oxygen atoms in total. The lowest BCUT2D eigenvalue weighted by molar-refractivity contribution is 0.0527. The SMILES string of the molecule is CCOC(=O)c1c(C)n(CC(C)C)c2ccc(OCC(C)C)cc12. The molecule has 0 atom stereocenters. The molecule has 2 rings (SSSR count). The lowest BCUT2D eigenvalue weighted by atomic mass is 10.1. The van der Waals surface area contributed by atoms with Crippen molar-refractivity contribution >= 4 is 16.9 Å². The fourth-order valence-electron chi connectivity index (χ4n) is 2.88. The molecule has 1 heterocycles. The molecule has 0 saturated heterocycles. The molecule has 0 N–H and O–H groups in total. The number of benzene rings is 1. The zero-order chi connectivity index (χ0) is 17.9. The summed E-state index contributed by atoms with van der Waals surface area (Å²) in [6.07, 6.45) is 0. The van der Waals surface area contributed by atoms with Crippen molar-refractivity contribution in [3.63, 3.8) is 0 Å². The van der Waals surface area contributed by atoms with E-state index in [1.54, 1.807) is 0 Å². The van der Waals surface area contributed by atoms with Crippen LogP contribution in [0.15, 0.2) is 18.2 Å². The summed E-state index contributed by atoms with van der Waals surface area (Å²) < 4.78 is 13.3. The van der Waals surface area contributed by atoms with E-state index < -0.39 is 0 Å². The van der Waals surface area contributed by atoms with Crippen molar-refractivity contribution in [2.75, 3.05) is 13.2 Å². The highest BCUT2D eigenvalue weighted by Crippen LogP contribution is 2.31. The van der Waals surface area contributed by atoms with Gasteiger partial charge in [-0.05, 0) is 43.9 Å². The molecule has 132 valence electrons. The smallest absolute Gasteiger partial charge is 0.340 e. The Balaban J connectivity index is 2.55. The van der Waals surface area contributed by atoms with Gasteiger partial charge in [-0.2, -0.15) is 0 Å². The second-order valence-electron chi connectivity index (χ2n) is 7.07. The lowest BCUT2D eigenvalue weighted by Crippen LogP contribution is -2.09. The standard InChI is InChI=1S/C20H29NO3/c1-7-23-20(22)19-15(6)21(11-13(2)3)18-9-8-16(10-17(18)19)24-12-14(4)5/h8-10,13-14H,7,11-12H2,1-6H3. The third-order valence-electron chi connectivity index (χ3n) is 3.91. The van der Waals surface area contributed by atoms with Crippen molar-refractivity contribution < 1.29 is 14.3 Å². The van der Waals surface area contributed by atoms with E-state index in [0.717, 1.165) is 28.9 Å². The van der Waals surface area contributed by atoms with Gasteiger partial charge in [0.2, 0.25) is 0 Å². The number of hydrogen-bond acceptors (Lipinski definition) is 3. The number of hydrogen-bond donors (Lipinski definition) is 0. The van der Waals surface area contributed by atoms with Crippen LogP contribution in [0.3, 0.4) is 0 Å². The van der Waals surface area contributed by atoms with Gasteiger partial charge in [0.1, 0.15) is 5.75 Å². The molecule has 0 bridgehead atoms. The van der Waals surface area contributed by atoms with Gasteiger partial charge in [-0.3, -0.25) is 0 Å². The van der Waals surface area contributed by atoms with Crippen LogP contribution < -0.4 is 4.74 Å². The Morgan fingerprint density at radius 2 is 1.88 bits per heavy atom. The lowest BCUT2D eigenvalue weighted by Gasteiger charge is -2.12. The van der Waals surface area contributed by atoms with E-state index in [2.05, 4.69) is 32.3 Å². The van der Waals surface area contributed by atoms with Crippen LogP contribution in [0.2, 0.25) is 0 Å². The van der Waals surface area contributed by atoms with Crippen molar-refractivity contribution in [2.45, 2.75) is 48.1 Å². The maximum absolute atomic E-state index is 12.5. The highest BCUT2D eigenvalue weighted by Gasteiger charge is 2.22. The average Bonchev–Trinajstić information content (AvgIpc) is 2.77. The molecule has 0 aliphatic heterocycles. The zero-order valence-electron chi connectivity index (χ0n) is 15.7. The maximum Gasteiger partial charge on any atom is 0.340 e. The predicted octanol–water partition coefficient (Wildman–Crippen LogP) is 4.82. The van der Waals surface area contributed by atoms with Crippen LogP contribution in [0.5, 0.6) is 5.75 Å². The number of carbonyl (C=O) groups excluding carboxylic acids is 1. The first kappa shape index (κ1) is 18.4. The van der Waals surface area contributed by atoms with Gasteiger partial charge in [-0.25, -0.2) is 4.79 Å². The van der Waals surface area contributed by atoms with Gasteiger partial charge in [-0.15, -0.1) is 0 Å². The molecule has 24 heavy (non-hydrogen) atoms. The molecule has 4 heteroatoms. The highest BCUT2D eigenvalue weighted by molar-refractivity contribution is 6.06. The summed E-state index contributed by atoms with van der Waals surface area (Å²) in [5.41, 5.74) is 2.67. The summed E-state index contributed by atoms with van der Waals surface area (Å²) >= 11 is 0. The first-order chi connectivity index (χ1) is 11.3. The molecule has 0 amide bonds. The van der Waals surface area contributed by atoms with Crippen LogP contribution >= 0.6 is 0 Å². The molecule has 0 fully saturated rings. The van der Waals surface area contributed by atoms with Gasteiger partial charge in [0, 0.05) is 23.1 Å². The summed E-state index contributed by atoms with van der Waals surface area (Å²) in [4.78, 5) is 12.5. The number of aromatic nitrogens is 1. The van der Waals surface area contributed by atoms with E-state index in [-0.39, 0.29) is 5.97 Å². The van der Waals surface area contributed by atoms with Crippen molar-refractivity contribution in [2.24, 2.45) is 11.8 Å². The molecular formula is C20H29NO3. The Labute approximate surface area is 144 Å². The molecule has 1 aromatic carbocycles. The quantitative estimate of drug-likeness (QED) is 0.683. The normalized spacial score (nSPS) is 11.5. The van der Waals surface area contributed by atoms with Gasteiger partial charge in [-0.1, -0.05) is 27.7 Å². The summed E-state index contributed by atoms with van der Waals surface area (Å²) in [6, 6.07) is 5.99. The van der Waals surface area contributed by atoms with Crippen LogP contribution in [0.4, 0.5) is 0 Å². The first-order valence-corrected chi connectivity index (χ1v) is 8.77. The maximum atomic E-state index is 12.5. The number of carbonyl (C=O) groups is 1. The fourth-order valence-corrected chi connectivity index (χ4v) is 2.88. The second-order valence-corrected chi connectivity index (χ2v) is 7.07. The minimum absolute atomic E-state index is 0.261. The number of esters is 1. The van der Waals surface area contributed by atoms with E-state index in [1.165, 1.54) is 0 Å². The van der Waals surface area contributed by atoms with E-state index in [1.807, 2.05) is 32.0 Å². The van der Waals surface area contributed by atoms with Crippen LogP contribution in [0, 0.1) is 18.8 Å². The Hall–Kier alpha value is -1.97. The van der Waals surface area contributed by atoms with E-state index >= 15 is 0 Å². The van der Waals surface area contributed by atoms with Crippen molar-refractivity contribution in [3.05, 3.63) is 29.5 Å². The molecule has 0 saturated carbocycles. The Bertz CT molecular complexity index is 713. The molecule has 1 aromatic heterocycles. The molecule has 0 aliphatic carbocycles. The van der Waals surface area contributed by atoms with Gasteiger partial charge in [0.25, 0.3) is 0 Å². The topological polar surface area (TPSA) is 40.5 Å². The van der Waals surface area contributed by atoms with Crippen LogP contribution in [-0.2, 0) is 11.3 Å². The molecular weight excluding hydrogens is 302 g/mol. The minimum atomic E-state index is -0.261. The van der Waals surface area contributed by atoms with Crippen LogP contribution in [0.25, 0.3) is 10.9 Å². The van der Waals surface area contributed by atoms with Crippen molar-refractivity contribution in [1.82, 2.24) is 4.57 Å². The van der Waals surface area contributed by atoms with Crippen LogP contribution in [-0.4, -0.2) is 23.8 Å². The fraction of sp³-hybridized carbons (Fsp3) is 0.550. The molecule has 0 aliphatic rings. The third kappa shape index (κ3) is 3.92. The monoisotopic (exact) mass is 331 g/mol. The zero-order valence-corrected chi connectivity index (χ0v) is 15.7. The van der Waals surface area contributed by atoms with Crippen molar-refractivity contribution in [1.29, 1.82) is 0 Å². The minimum Gasteiger partial charge on any atom is -0.493 e. The Morgan fingerprint density at radius 1 is 1.17 bits per heavy atom. The Kier molecular flexibility index (Phi) is 5.92. The Morgan fingerprint density at radius 3 is 2.46 bits per heavy atom. The van der Waals surface area contributed by atoms with E-state index in [0.29, 0.717) is 30.6 Å². The molecule has 0 unspecified atom stereocenters. The van der Waals surface area contributed by atoms with Crippen molar-refractivity contribution in [3.8, 4) is 5.75 Å². The summed E-state index contributed by atoms with van der Waals surface area (Å²) in [6.45, 7) is 14.3. The number of ether oxygens (including phenoxy) is 2. The summed E-state index contributed by atoms with van der Waals surface area (Å²) in [5.74, 6) is 1.48. The third-order valence-corrected chi connectivity index (χ3v) is 3.91. The van der Waals surface area contributed by atoms with Crippen LogP contribution in [0.1, 0.15) is 50.7 Å². The van der Waals surface area contributed by atoms with E-state index in [9.17, 15) is 4.79 Å². The molecule has 0 spiro atoms. The van der Waals surface area contributed by atoms with Gasteiger partial charge in [0.15, 0.2) is 0 Å². The first-order valence-electron chi connectivity index (χ1n) is 8.77. The highest BCUT2D eigenvalue weighted by atomic mass is 16.5. The van der Waals surface area contributed by atoms with Gasteiger partial charge >= 0.3 is 5.97 Å². The predicted molar refractivity (Wildman–Crippen MR) is 97.8 cm³/mol. The number of nitrogens with zero attached hydrogens (tertiary/aromatic N) is 1. The molecule has 0 radical (unpaired) electrons. The average molecular weight is 331 g/mol. The summed E-state index contributed by atoms with van der Waals surface area (Å²) in [5, 5.41) is 0.910. The molecule has 2 aromatic rings. The summed E-state index contributed by atoms with van der Waals surface area (Å²) in [7, 11) is 0. The van der Waals surface area contributed by atoms with Gasteiger partial charge < -0.3 is 14.0 Å². The largest absolute Gasteiger partial charge is 0.493 e. The second kappa shape index (κ2) is 7.73. The number of rotatable bonds is 7.